The number of likely N-dealkylation sites (tertiary alicyclic amines) is 1. The first-order valence-electron chi connectivity index (χ1n) is 8.58. The van der Waals surface area contributed by atoms with E-state index in [2.05, 4.69) is 27.2 Å². The Hall–Kier alpha value is -1.43. The molecule has 1 atom stereocenters. The third kappa shape index (κ3) is 5.03. The van der Waals surface area contributed by atoms with Crippen molar-refractivity contribution in [3.8, 4) is 0 Å². The van der Waals surface area contributed by atoms with Crippen molar-refractivity contribution in [2.75, 3.05) is 51.3 Å². The highest BCUT2D eigenvalue weighted by atomic mass is 16.5. The largest absolute Gasteiger partial charge is 0.379 e. The van der Waals surface area contributed by atoms with Crippen molar-refractivity contribution >= 4 is 11.6 Å². The Balaban J connectivity index is 1.48. The predicted octanol–water partition coefficient (Wildman–Crippen LogP) is 1.80. The van der Waals surface area contributed by atoms with Gasteiger partial charge in [0.15, 0.2) is 0 Å². The summed E-state index contributed by atoms with van der Waals surface area (Å²) in [6.45, 7) is 9.96. The van der Waals surface area contributed by atoms with Crippen LogP contribution in [-0.2, 0) is 16.1 Å². The smallest absolute Gasteiger partial charge is 0.221 e. The zero-order chi connectivity index (χ0) is 16.1. The highest BCUT2D eigenvalue weighted by Crippen LogP contribution is 2.21. The minimum atomic E-state index is -0.0195. The fraction of sp³-hybridized carbons (Fsp3) is 0.611. The SMILES string of the molecule is CC(=O)Nc1cccc(CN2CC[C@@H](CN3CCOCC3)C2)c1. The zero-order valence-electron chi connectivity index (χ0n) is 14.0. The monoisotopic (exact) mass is 317 g/mol. The van der Waals surface area contributed by atoms with Gasteiger partial charge in [-0.15, -0.1) is 0 Å². The van der Waals surface area contributed by atoms with Gasteiger partial charge in [0.25, 0.3) is 0 Å². The van der Waals surface area contributed by atoms with Crippen LogP contribution in [0.15, 0.2) is 24.3 Å². The summed E-state index contributed by atoms with van der Waals surface area (Å²) in [6, 6.07) is 8.18. The zero-order valence-corrected chi connectivity index (χ0v) is 14.0. The number of morpholine rings is 1. The first-order valence-corrected chi connectivity index (χ1v) is 8.58. The van der Waals surface area contributed by atoms with E-state index in [1.807, 2.05) is 12.1 Å². The van der Waals surface area contributed by atoms with Gasteiger partial charge in [-0.05, 0) is 36.6 Å². The number of carbonyl (C=O) groups excluding carboxylic acids is 1. The van der Waals surface area contributed by atoms with E-state index in [0.717, 1.165) is 44.5 Å². The number of amides is 1. The Labute approximate surface area is 138 Å². The molecular formula is C18H27N3O2. The van der Waals surface area contributed by atoms with Crippen LogP contribution in [0.25, 0.3) is 0 Å². The van der Waals surface area contributed by atoms with Crippen molar-refractivity contribution in [2.24, 2.45) is 5.92 Å². The minimum absolute atomic E-state index is 0.0195. The van der Waals surface area contributed by atoms with E-state index in [0.29, 0.717) is 0 Å². The summed E-state index contributed by atoms with van der Waals surface area (Å²) in [7, 11) is 0. The minimum Gasteiger partial charge on any atom is -0.379 e. The van der Waals surface area contributed by atoms with Gasteiger partial charge in [-0.25, -0.2) is 0 Å². The Morgan fingerprint density at radius 2 is 2.09 bits per heavy atom. The van der Waals surface area contributed by atoms with E-state index in [1.54, 1.807) is 6.92 Å². The molecule has 126 valence electrons. The molecular weight excluding hydrogens is 290 g/mol. The molecule has 23 heavy (non-hydrogen) atoms. The molecule has 2 aliphatic heterocycles. The molecule has 2 saturated heterocycles. The van der Waals surface area contributed by atoms with Crippen molar-refractivity contribution in [2.45, 2.75) is 19.9 Å². The van der Waals surface area contributed by atoms with E-state index < -0.39 is 0 Å². The van der Waals surface area contributed by atoms with Crippen molar-refractivity contribution in [3.05, 3.63) is 29.8 Å². The average molecular weight is 317 g/mol. The number of rotatable bonds is 5. The number of nitrogens with one attached hydrogen (secondary N) is 1. The standard InChI is InChI=1S/C18H27N3O2/c1-15(22)19-18-4-2-3-16(11-18)12-21-6-5-17(14-21)13-20-7-9-23-10-8-20/h2-4,11,17H,5-10,12-14H2,1H3,(H,19,22)/t17-/m0/s1. The molecule has 1 N–H and O–H groups in total. The van der Waals surface area contributed by atoms with Crippen LogP contribution in [-0.4, -0.2) is 61.6 Å². The maximum Gasteiger partial charge on any atom is 0.221 e. The first kappa shape index (κ1) is 16.4. The number of nitrogens with zero attached hydrogens (tertiary/aromatic N) is 2. The Morgan fingerprint density at radius 3 is 2.87 bits per heavy atom. The van der Waals surface area contributed by atoms with Crippen LogP contribution in [0.3, 0.4) is 0 Å². The van der Waals surface area contributed by atoms with Gasteiger partial charge >= 0.3 is 0 Å². The van der Waals surface area contributed by atoms with E-state index in [1.165, 1.54) is 31.6 Å². The van der Waals surface area contributed by atoms with Gasteiger partial charge in [-0.3, -0.25) is 14.6 Å². The lowest BCUT2D eigenvalue weighted by Gasteiger charge is -2.29. The quantitative estimate of drug-likeness (QED) is 0.899. The second kappa shape index (κ2) is 7.90. The van der Waals surface area contributed by atoms with Gasteiger partial charge in [-0.1, -0.05) is 12.1 Å². The summed E-state index contributed by atoms with van der Waals surface area (Å²) in [5, 5.41) is 2.86. The van der Waals surface area contributed by atoms with Crippen LogP contribution in [0.5, 0.6) is 0 Å². The van der Waals surface area contributed by atoms with Gasteiger partial charge in [-0.2, -0.15) is 0 Å². The molecule has 0 radical (unpaired) electrons. The van der Waals surface area contributed by atoms with Crippen LogP contribution in [0.1, 0.15) is 18.9 Å². The molecule has 0 aliphatic carbocycles. The molecule has 0 bridgehead atoms. The number of hydrogen-bond donors (Lipinski definition) is 1. The van der Waals surface area contributed by atoms with Crippen LogP contribution in [0.2, 0.25) is 0 Å². The van der Waals surface area contributed by atoms with Gasteiger partial charge in [0.2, 0.25) is 5.91 Å². The molecule has 0 spiro atoms. The Kier molecular flexibility index (Phi) is 5.65. The fourth-order valence-corrected chi connectivity index (χ4v) is 3.56. The fourth-order valence-electron chi connectivity index (χ4n) is 3.56. The summed E-state index contributed by atoms with van der Waals surface area (Å²) >= 11 is 0. The maximum atomic E-state index is 11.2. The van der Waals surface area contributed by atoms with Crippen molar-refractivity contribution in [3.63, 3.8) is 0 Å². The number of hydrogen-bond acceptors (Lipinski definition) is 4. The van der Waals surface area contributed by atoms with Gasteiger partial charge in [0, 0.05) is 45.3 Å². The van der Waals surface area contributed by atoms with E-state index >= 15 is 0 Å². The van der Waals surface area contributed by atoms with Crippen LogP contribution < -0.4 is 5.32 Å². The molecule has 1 aromatic carbocycles. The van der Waals surface area contributed by atoms with Crippen molar-refractivity contribution < 1.29 is 9.53 Å². The second-order valence-electron chi connectivity index (χ2n) is 6.68. The molecule has 3 rings (SSSR count). The van der Waals surface area contributed by atoms with Gasteiger partial charge < -0.3 is 10.1 Å². The molecule has 2 heterocycles. The topological polar surface area (TPSA) is 44.8 Å². The normalized spacial score (nSPS) is 23.1. The molecule has 1 aromatic rings. The lowest BCUT2D eigenvalue weighted by atomic mass is 10.1. The molecule has 0 saturated carbocycles. The van der Waals surface area contributed by atoms with Gasteiger partial charge in [0.05, 0.1) is 13.2 Å². The van der Waals surface area contributed by atoms with Gasteiger partial charge in [0.1, 0.15) is 0 Å². The van der Waals surface area contributed by atoms with Crippen molar-refractivity contribution in [1.29, 1.82) is 0 Å². The lowest BCUT2D eigenvalue weighted by Crippen LogP contribution is -2.39. The van der Waals surface area contributed by atoms with E-state index in [-0.39, 0.29) is 5.91 Å². The molecule has 0 unspecified atom stereocenters. The van der Waals surface area contributed by atoms with E-state index in [9.17, 15) is 4.79 Å². The molecule has 5 heteroatoms. The number of carbonyl (C=O) groups is 1. The molecule has 1 amide bonds. The number of benzene rings is 1. The second-order valence-corrected chi connectivity index (χ2v) is 6.68. The molecule has 0 aromatic heterocycles. The number of anilines is 1. The van der Waals surface area contributed by atoms with Crippen LogP contribution in [0.4, 0.5) is 5.69 Å². The van der Waals surface area contributed by atoms with E-state index in [4.69, 9.17) is 4.74 Å². The summed E-state index contributed by atoms with van der Waals surface area (Å²) in [6.07, 6.45) is 1.28. The first-order chi connectivity index (χ1) is 11.2. The summed E-state index contributed by atoms with van der Waals surface area (Å²) in [4.78, 5) is 16.2. The lowest BCUT2D eigenvalue weighted by molar-refractivity contribution is -0.114. The number of ether oxygens (including phenoxy) is 1. The molecule has 5 nitrogen and oxygen atoms in total. The average Bonchev–Trinajstić information content (AvgIpc) is 2.95. The summed E-state index contributed by atoms with van der Waals surface area (Å²) in [5.74, 6) is 0.750. The Morgan fingerprint density at radius 1 is 1.26 bits per heavy atom. The summed E-state index contributed by atoms with van der Waals surface area (Å²) < 4.78 is 5.42. The molecule has 2 fully saturated rings. The van der Waals surface area contributed by atoms with Crippen LogP contribution in [0, 0.1) is 5.92 Å². The Bertz CT molecular complexity index is 529. The third-order valence-corrected chi connectivity index (χ3v) is 4.64. The maximum absolute atomic E-state index is 11.2. The molecule has 2 aliphatic rings. The third-order valence-electron chi connectivity index (χ3n) is 4.64. The predicted molar refractivity (Wildman–Crippen MR) is 91.4 cm³/mol. The van der Waals surface area contributed by atoms with Crippen LogP contribution >= 0.6 is 0 Å². The highest BCUT2D eigenvalue weighted by molar-refractivity contribution is 5.88. The summed E-state index contributed by atoms with van der Waals surface area (Å²) in [5.41, 5.74) is 2.15. The van der Waals surface area contributed by atoms with Crippen molar-refractivity contribution in [1.82, 2.24) is 9.80 Å². The highest BCUT2D eigenvalue weighted by Gasteiger charge is 2.25.